The maximum atomic E-state index is 9.56. The van der Waals surface area contributed by atoms with E-state index in [0.29, 0.717) is 12.4 Å². The van der Waals surface area contributed by atoms with Crippen LogP contribution in [0.5, 0.6) is 23.0 Å². The third kappa shape index (κ3) is 8.22. The Bertz CT molecular complexity index is 966. The molecule has 0 saturated heterocycles. The van der Waals surface area contributed by atoms with Gasteiger partial charge in [-0.25, -0.2) is 0 Å². The fraction of sp³-hybridized carbons (Fsp3) is 0.333. The molecule has 176 valence electrons. The van der Waals surface area contributed by atoms with Crippen LogP contribution in [0.25, 0.3) is 0 Å². The predicted octanol–water partition coefficient (Wildman–Crippen LogP) is 6.12. The van der Waals surface area contributed by atoms with Crippen LogP contribution in [0.3, 0.4) is 0 Å². The summed E-state index contributed by atoms with van der Waals surface area (Å²) in [6.07, 6.45) is 2.47. The van der Waals surface area contributed by atoms with Crippen molar-refractivity contribution in [1.82, 2.24) is 4.90 Å². The number of rotatable bonds is 8. The number of phenolic OH excluding ortho intramolecular Hbond substituents is 2. The predicted molar refractivity (Wildman–Crippen MR) is 135 cm³/mol. The van der Waals surface area contributed by atoms with Gasteiger partial charge in [-0.2, -0.15) is 0 Å². The summed E-state index contributed by atoms with van der Waals surface area (Å²) in [7, 11) is 2.14. The van der Waals surface area contributed by atoms with Crippen LogP contribution in [0.4, 0.5) is 0 Å². The van der Waals surface area contributed by atoms with Crippen LogP contribution in [0.2, 0.25) is 0 Å². The normalized spacial score (nSPS) is 14.6. The highest BCUT2D eigenvalue weighted by atomic mass is 32.2. The second-order valence-corrected chi connectivity index (χ2v) is 9.02. The Labute approximate surface area is 201 Å². The number of likely N-dealkylation sites (N-methyl/N-ethyl adjacent to an activating group) is 1. The van der Waals surface area contributed by atoms with Gasteiger partial charge >= 0.3 is 0 Å². The molecule has 0 spiro atoms. The Balaban J connectivity index is 0.000000374. The highest BCUT2D eigenvalue weighted by Gasteiger charge is 2.22. The molecule has 0 bridgehead atoms. The molecule has 0 saturated carbocycles. The average Bonchev–Trinajstić information content (AvgIpc) is 2.84. The molecule has 1 heterocycles. The smallest absolute Gasteiger partial charge is 0.134 e. The second-order valence-electron chi connectivity index (χ2n) is 7.96. The van der Waals surface area contributed by atoms with E-state index in [4.69, 9.17) is 14.6 Å². The third-order valence-corrected chi connectivity index (χ3v) is 6.33. The number of phenols is 2. The maximum Gasteiger partial charge on any atom is 0.134 e. The Morgan fingerprint density at radius 2 is 1.73 bits per heavy atom. The lowest BCUT2D eigenvalue weighted by molar-refractivity contribution is 0.219. The van der Waals surface area contributed by atoms with Gasteiger partial charge in [0.1, 0.15) is 35.7 Å². The van der Waals surface area contributed by atoms with Gasteiger partial charge in [0.15, 0.2) is 0 Å². The first-order valence-corrected chi connectivity index (χ1v) is 12.3. The molecule has 2 N–H and O–H groups in total. The van der Waals surface area contributed by atoms with Gasteiger partial charge in [-0.3, -0.25) is 0 Å². The molecule has 5 nitrogen and oxygen atoms in total. The fourth-order valence-corrected chi connectivity index (χ4v) is 4.34. The number of para-hydroxylation sites is 1. The summed E-state index contributed by atoms with van der Waals surface area (Å²) in [5, 5.41) is 18.2. The molecular formula is C27H33NO4S. The molecule has 0 unspecified atom stereocenters. The minimum atomic E-state index is 0.0197. The highest BCUT2D eigenvalue weighted by Crippen LogP contribution is 2.42. The zero-order valence-electron chi connectivity index (χ0n) is 19.3. The van der Waals surface area contributed by atoms with E-state index in [1.54, 1.807) is 48.2 Å². The van der Waals surface area contributed by atoms with Gasteiger partial charge in [-0.1, -0.05) is 43.7 Å². The second kappa shape index (κ2) is 13.0. The van der Waals surface area contributed by atoms with E-state index in [2.05, 4.69) is 31.0 Å². The van der Waals surface area contributed by atoms with Gasteiger partial charge in [0, 0.05) is 12.3 Å². The summed E-state index contributed by atoms with van der Waals surface area (Å²) in [4.78, 5) is 3.30. The van der Waals surface area contributed by atoms with E-state index in [1.165, 1.54) is 12.8 Å². The zero-order chi connectivity index (χ0) is 23.5. The molecule has 0 aromatic heterocycles. The lowest BCUT2D eigenvalue weighted by atomic mass is 10.1. The first kappa shape index (κ1) is 24.8. The van der Waals surface area contributed by atoms with Crippen LogP contribution in [0.1, 0.15) is 31.4 Å². The Kier molecular flexibility index (Phi) is 9.78. The molecular weight excluding hydrogens is 434 g/mol. The van der Waals surface area contributed by atoms with E-state index in [1.807, 2.05) is 24.3 Å². The van der Waals surface area contributed by atoms with Crippen molar-refractivity contribution in [3.63, 3.8) is 0 Å². The molecule has 0 fully saturated rings. The van der Waals surface area contributed by atoms with E-state index in [0.717, 1.165) is 40.8 Å². The summed E-state index contributed by atoms with van der Waals surface area (Å²) in [6.45, 7) is 4.97. The lowest BCUT2D eigenvalue weighted by Crippen LogP contribution is -2.25. The summed E-state index contributed by atoms with van der Waals surface area (Å²) in [6, 6.07) is 22.1. The average molecular weight is 468 g/mol. The third-order valence-electron chi connectivity index (χ3n) is 5.23. The van der Waals surface area contributed by atoms with E-state index < -0.39 is 0 Å². The number of benzene rings is 3. The number of nitrogens with zero attached hydrogens (tertiary/aromatic N) is 1. The van der Waals surface area contributed by atoms with Gasteiger partial charge in [0.2, 0.25) is 0 Å². The van der Waals surface area contributed by atoms with Crippen molar-refractivity contribution in [2.45, 2.75) is 30.8 Å². The van der Waals surface area contributed by atoms with Crippen LogP contribution in [0.15, 0.2) is 77.7 Å². The first-order chi connectivity index (χ1) is 16.0. The van der Waals surface area contributed by atoms with Gasteiger partial charge in [-0.05, 0) is 68.0 Å². The van der Waals surface area contributed by atoms with Gasteiger partial charge in [0.25, 0.3) is 0 Å². The van der Waals surface area contributed by atoms with Crippen molar-refractivity contribution in [1.29, 1.82) is 0 Å². The molecule has 1 aliphatic heterocycles. The summed E-state index contributed by atoms with van der Waals surface area (Å²) in [5.41, 5.74) is 1.14. The number of hydrogen-bond donors (Lipinski definition) is 2. The van der Waals surface area contributed by atoms with Gasteiger partial charge < -0.3 is 24.6 Å². The van der Waals surface area contributed by atoms with Crippen LogP contribution >= 0.6 is 11.8 Å². The highest BCUT2D eigenvalue weighted by molar-refractivity contribution is 7.99. The Morgan fingerprint density at radius 3 is 2.39 bits per heavy atom. The van der Waals surface area contributed by atoms with Crippen molar-refractivity contribution < 1.29 is 19.7 Å². The molecule has 0 amide bonds. The number of ether oxygens (including phenoxy) is 2. The largest absolute Gasteiger partial charge is 0.508 e. The fourth-order valence-electron chi connectivity index (χ4n) is 3.29. The van der Waals surface area contributed by atoms with Crippen LogP contribution < -0.4 is 9.47 Å². The summed E-state index contributed by atoms with van der Waals surface area (Å²) in [5.74, 6) is 3.16. The quantitative estimate of drug-likeness (QED) is 0.416. The van der Waals surface area contributed by atoms with Crippen molar-refractivity contribution >= 4 is 11.8 Å². The summed E-state index contributed by atoms with van der Waals surface area (Å²) < 4.78 is 11.9. The summed E-state index contributed by atoms with van der Waals surface area (Å²) >= 11 is 1.71. The Morgan fingerprint density at radius 1 is 0.970 bits per heavy atom. The molecule has 4 rings (SSSR count). The molecule has 1 aliphatic rings. The molecule has 3 aromatic carbocycles. The molecule has 3 aromatic rings. The van der Waals surface area contributed by atoms with Crippen molar-refractivity contribution in [3.8, 4) is 23.0 Å². The molecule has 1 atom stereocenters. The van der Waals surface area contributed by atoms with E-state index >= 15 is 0 Å². The Hall–Kier alpha value is -2.83. The molecule has 0 aliphatic carbocycles. The van der Waals surface area contributed by atoms with Crippen LogP contribution in [0, 0.1) is 0 Å². The molecule has 6 heteroatoms. The lowest BCUT2D eigenvalue weighted by Gasteiger charge is -2.26. The van der Waals surface area contributed by atoms with Crippen LogP contribution in [-0.2, 0) is 0 Å². The van der Waals surface area contributed by atoms with Crippen molar-refractivity contribution in [2.24, 2.45) is 0 Å². The number of hydrogen-bond acceptors (Lipinski definition) is 6. The van der Waals surface area contributed by atoms with Crippen LogP contribution in [-0.4, -0.2) is 47.6 Å². The number of thioether (sulfide) groups is 1. The first-order valence-electron chi connectivity index (χ1n) is 11.3. The number of aromatic hydroxyl groups is 2. The zero-order valence-corrected chi connectivity index (χ0v) is 20.1. The number of fused-ring (bicyclic) bond motifs is 1. The SMILES string of the molecule is CCCCN(C)CCOc1ccc([C@H]2CSc3cc(O)ccc3O2)cc1.Oc1ccccc1. The molecule has 33 heavy (non-hydrogen) atoms. The maximum absolute atomic E-state index is 9.56. The van der Waals surface area contributed by atoms with Gasteiger partial charge in [-0.15, -0.1) is 11.8 Å². The van der Waals surface area contributed by atoms with Crippen molar-refractivity contribution in [3.05, 3.63) is 78.4 Å². The monoisotopic (exact) mass is 467 g/mol. The van der Waals surface area contributed by atoms with Crippen molar-refractivity contribution in [2.75, 3.05) is 32.5 Å². The minimum absolute atomic E-state index is 0.0197. The minimum Gasteiger partial charge on any atom is -0.508 e. The molecule has 0 radical (unpaired) electrons. The van der Waals surface area contributed by atoms with E-state index in [9.17, 15) is 5.11 Å². The standard InChI is InChI=1S/C21H27NO3S.C6H6O/c1-3-4-11-22(2)12-13-24-18-8-5-16(6-9-18)20-15-26-21-14-17(23)7-10-19(21)25-20;7-6-4-2-1-3-5-6/h5-10,14,20,23H,3-4,11-13,15H2,1-2H3;1-5,7H/t20-;/m1./s1. The van der Waals surface area contributed by atoms with Gasteiger partial charge in [0.05, 0.1) is 4.90 Å². The number of unbranched alkanes of at least 4 members (excludes halogenated alkanes) is 1. The topological polar surface area (TPSA) is 62.2 Å². The van der Waals surface area contributed by atoms with E-state index in [-0.39, 0.29) is 11.9 Å².